The number of aryl methyl sites for hydroxylation is 1. The van der Waals surface area contributed by atoms with Gasteiger partial charge in [0.05, 0.1) is 0 Å². The summed E-state index contributed by atoms with van der Waals surface area (Å²) in [4.78, 5) is 16.0. The molecule has 18 heavy (non-hydrogen) atoms. The molecule has 1 heterocycles. The fourth-order valence-corrected chi connectivity index (χ4v) is 1.68. The van der Waals surface area contributed by atoms with Gasteiger partial charge in [-0.25, -0.2) is 0 Å². The van der Waals surface area contributed by atoms with Crippen molar-refractivity contribution in [1.82, 2.24) is 4.98 Å². The maximum Gasteiger partial charge on any atom is 0.256 e. The van der Waals surface area contributed by atoms with Crippen LogP contribution in [0.4, 0.5) is 5.69 Å². The van der Waals surface area contributed by atoms with Crippen molar-refractivity contribution in [3.8, 4) is 5.75 Å². The molecular formula is C14H14N2O2. The van der Waals surface area contributed by atoms with E-state index in [0.29, 0.717) is 16.8 Å². The quantitative estimate of drug-likeness (QED) is 0.851. The van der Waals surface area contributed by atoms with Gasteiger partial charge < -0.3 is 10.4 Å². The third-order valence-corrected chi connectivity index (χ3v) is 2.82. The lowest BCUT2D eigenvalue weighted by Crippen LogP contribution is -2.14. The van der Waals surface area contributed by atoms with Gasteiger partial charge in [0.15, 0.2) is 0 Å². The van der Waals surface area contributed by atoms with Gasteiger partial charge in [-0.05, 0) is 37.6 Å². The maximum atomic E-state index is 12.1. The lowest BCUT2D eigenvalue weighted by atomic mass is 10.1. The highest BCUT2D eigenvalue weighted by molar-refractivity contribution is 6.05. The summed E-state index contributed by atoms with van der Waals surface area (Å²) in [6.45, 7) is 3.58. The second kappa shape index (κ2) is 4.87. The van der Waals surface area contributed by atoms with E-state index < -0.39 is 0 Å². The molecule has 1 amide bonds. The lowest BCUT2D eigenvalue weighted by molar-refractivity contribution is 0.102. The van der Waals surface area contributed by atoms with Gasteiger partial charge in [-0.2, -0.15) is 0 Å². The minimum Gasteiger partial charge on any atom is -0.508 e. The van der Waals surface area contributed by atoms with E-state index in [9.17, 15) is 9.90 Å². The Labute approximate surface area is 105 Å². The summed E-state index contributed by atoms with van der Waals surface area (Å²) in [7, 11) is 0. The van der Waals surface area contributed by atoms with Gasteiger partial charge in [0, 0.05) is 29.2 Å². The molecule has 2 N–H and O–H groups in total. The Balaban J connectivity index is 2.27. The Kier molecular flexibility index (Phi) is 3.28. The first-order valence-electron chi connectivity index (χ1n) is 5.60. The highest BCUT2D eigenvalue weighted by atomic mass is 16.3. The maximum absolute atomic E-state index is 12.1. The molecule has 0 radical (unpaired) electrons. The Bertz CT molecular complexity index is 594. The van der Waals surface area contributed by atoms with Crippen LogP contribution in [0.15, 0.2) is 36.7 Å². The topological polar surface area (TPSA) is 62.2 Å². The number of aromatic nitrogens is 1. The Morgan fingerprint density at radius 3 is 2.78 bits per heavy atom. The van der Waals surface area contributed by atoms with Crippen LogP contribution in [0.25, 0.3) is 0 Å². The number of phenols is 1. The zero-order valence-electron chi connectivity index (χ0n) is 10.3. The van der Waals surface area contributed by atoms with Gasteiger partial charge in [0.2, 0.25) is 0 Å². The first-order chi connectivity index (χ1) is 8.59. The van der Waals surface area contributed by atoms with Crippen molar-refractivity contribution in [3.05, 3.63) is 53.3 Å². The lowest BCUT2D eigenvalue weighted by Gasteiger charge is -2.10. The predicted octanol–water partition coefficient (Wildman–Crippen LogP) is 2.66. The monoisotopic (exact) mass is 242 g/mol. The number of carbonyl (C=O) groups is 1. The molecule has 0 atom stereocenters. The fraction of sp³-hybridized carbons (Fsp3) is 0.143. The largest absolute Gasteiger partial charge is 0.508 e. The predicted molar refractivity (Wildman–Crippen MR) is 69.8 cm³/mol. The molecule has 2 rings (SSSR count). The second-order valence-electron chi connectivity index (χ2n) is 4.09. The first kappa shape index (κ1) is 12.1. The molecule has 0 saturated heterocycles. The SMILES string of the molecule is Cc1cnccc1C(=O)Nc1cccc(O)c1C. The van der Waals surface area contributed by atoms with E-state index >= 15 is 0 Å². The van der Waals surface area contributed by atoms with Gasteiger partial charge in [0.25, 0.3) is 5.91 Å². The zero-order chi connectivity index (χ0) is 13.1. The fourth-order valence-electron chi connectivity index (χ4n) is 1.68. The number of pyridine rings is 1. The highest BCUT2D eigenvalue weighted by Gasteiger charge is 2.11. The average molecular weight is 242 g/mol. The van der Waals surface area contributed by atoms with Crippen molar-refractivity contribution in [2.75, 3.05) is 5.32 Å². The number of hydrogen-bond donors (Lipinski definition) is 2. The van der Waals surface area contributed by atoms with Gasteiger partial charge in [-0.15, -0.1) is 0 Å². The molecule has 0 aliphatic heterocycles. The number of carbonyl (C=O) groups excluding carboxylic acids is 1. The highest BCUT2D eigenvalue weighted by Crippen LogP contribution is 2.24. The van der Waals surface area contributed by atoms with E-state index in [4.69, 9.17) is 0 Å². The van der Waals surface area contributed by atoms with E-state index in [-0.39, 0.29) is 11.7 Å². The average Bonchev–Trinajstić information content (AvgIpc) is 2.35. The smallest absolute Gasteiger partial charge is 0.256 e. The molecule has 0 bridgehead atoms. The normalized spacial score (nSPS) is 10.1. The molecular weight excluding hydrogens is 228 g/mol. The van der Waals surface area contributed by atoms with Crippen LogP contribution in [0.5, 0.6) is 5.75 Å². The van der Waals surface area contributed by atoms with Crippen LogP contribution >= 0.6 is 0 Å². The Hall–Kier alpha value is -2.36. The first-order valence-corrected chi connectivity index (χ1v) is 5.60. The summed E-state index contributed by atoms with van der Waals surface area (Å²) < 4.78 is 0. The summed E-state index contributed by atoms with van der Waals surface area (Å²) in [6, 6.07) is 6.70. The summed E-state index contributed by atoms with van der Waals surface area (Å²) in [5, 5.41) is 12.4. The van der Waals surface area contributed by atoms with Gasteiger partial charge in [-0.3, -0.25) is 9.78 Å². The van der Waals surface area contributed by atoms with Crippen LogP contribution in [0.1, 0.15) is 21.5 Å². The number of rotatable bonds is 2. The van der Waals surface area contributed by atoms with Crippen LogP contribution in [0, 0.1) is 13.8 Å². The van der Waals surface area contributed by atoms with Crippen molar-refractivity contribution in [2.45, 2.75) is 13.8 Å². The second-order valence-corrected chi connectivity index (χ2v) is 4.09. The minimum atomic E-state index is -0.205. The molecule has 4 nitrogen and oxygen atoms in total. The standard InChI is InChI=1S/C14H14N2O2/c1-9-8-15-7-6-11(9)14(18)16-12-4-3-5-13(17)10(12)2/h3-8,17H,1-2H3,(H,16,18). The van der Waals surface area contributed by atoms with Gasteiger partial charge in [0.1, 0.15) is 5.75 Å². The van der Waals surface area contributed by atoms with Gasteiger partial charge in [-0.1, -0.05) is 6.07 Å². The van der Waals surface area contributed by atoms with E-state index in [1.165, 1.54) is 0 Å². The van der Waals surface area contributed by atoms with E-state index in [2.05, 4.69) is 10.3 Å². The number of phenolic OH excluding ortho intramolecular Hbond substituents is 1. The molecule has 0 unspecified atom stereocenters. The van der Waals surface area contributed by atoms with Crippen LogP contribution in [-0.4, -0.2) is 16.0 Å². The van der Waals surface area contributed by atoms with Crippen LogP contribution < -0.4 is 5.32 Å². The molecule has 2 aromatic rings. The number of nitrogens with zero attached hydrogens (tertiary/aromatic N) is 1. The van der Waals surface area contributed by atoms with Crippen molar-refractivity contribution < 1.29 is 9.90 Å². The number of amides is 1. The summed E-state index contributed by atoms with van der Waals surface area (Å²) in [5.41, 5.74) is 2.65. The molecule has 0 aliphatic carbocycles. The van der Waals surface area contributed by atoms with Crippen LogP contribution in [-0.2, 0) is 0 Å². The Morgan fingerprint density at radius 2 is 2.06 bits per heavy atom. The molecule has 0 fully saturated rings. The molecule has 0 spiro atoms. The Morgan fingerprint density at radius 1 is 1.28 bits per heavy atom. The van der Waals surface area contributed by atoms with Crippen molar-refractivity contribution in [2.24, 2.45) is 0 Å². The van der Waals surface area contributed by atoms with Crippen LogP contribution in [0.3, 0.4) is 0 Å². The van der Waals surface area contributed by atoms with Crippen molar-refractivity contribution >= 4 is 11.6 Å². The summed E-state index contributed by atoms with van der Waals surface area (Å²) >= 11 is 0. The third-order valence-electron chi connectivity index (χ3n) is 2.82. The molecule has 1 aromatic heterocycles. The number of hydrogen-bond acceptors (Lipinski definition) is 3. The summed E-state index contributed by atoms with van der Waals surface area (Å²) in [6.07, 6.45) is 3.22. The van der Waals surface area contributed by atoms with Gasteiger partial charge >= 0.3 is 0 Å². The van der Waals surface area contributed by atoms with Crippen molar-refractivity contribution in [3.63, 3.8) is 0 Å². The summed E-state index contributed by atoms with van der Waals surface area (Å²) in [5.74, 6) is -0.0390. The minimum absolute atomic E-state index is 0.166. The number of nitrogens with one attached hydrogen (secondary N) is 1. The van der Waals surface area contributed by atoms with E-state index in [0.717, 1.165) is 5.56 Å². The number of anilines is 1. The third kappa shape index (κ3) is 2.32. The van der Waals surface area contributed by atoms with E-state index in [1.54, 1.807) is 43.6 Å². The molecule has 0 aliphatic rings. The molecule has 1 aromatic carbocycles. The van der Waals surface area contributed by atoms with Crippen LogP contribution in [0.2, 0.25) is 0 Å². The van der Waals surface area contributed by atoms with Crippen molar-refractivity contribution in [1.29, 1.82) is 0 Å². The number of aromatic hydroxyl groups is 1. The molecule has 92 valence electrons. The number of benzene rings is 1. The molecule has 4 heteroatoms. The molecule has 0 saturated carbocycles. The zero-order valence-corrected chi connectivity index (χ0v) is 10.3. The van der Waals surface area contributed by atoms with E-state index in [1.807, 2.05) is 6.92 Å².